The first-order valence-electron chi connectivity index (χ1n) is 2.75. The maximum atomic E-state index is 5.87. The lowest BCUT2D eigenvalue weighted by Crippen LogP contribution is -1.92. The zero-order valence-electron chi connectivity index (χ0n) is 5.21. The van der Waals surface area contributed by atoms with Crippen molar-refractivity contribution in [1.29, 1.82) is 0 Å². The molecule has 0 bridgehead atoms. The molecule has 1 atom stereocenters. The van der Waals surface area contributed by atoms with E-state index in [2.05, 4.69) is 12.1 Å². The molecule has 0 heterocycles. The Morgan fingerprint density at radius 3 is 2.00 bits per heavy atom. The quantitative estimate of drug-likeness (QED) is 0.444. The predicted octanol–water partition coefficient (Wildman–Crippen LogP) is 1.39. The van der Waals surface area contributed by atoms with Gasteiger partial charge in [0.1, 0.15) is 0 Å². The first-order chi connectivity index (χ1) is 4.30. The zero-order valence-corrected chi connectivity index (χ0v) is 6.86. The van der Waals surface area contributed by atoms with Crippen molar-refractivity contribution in [3.63, 3.8) is 0 Å². The third-order valence-corrected chi connectivity index (χ3v) is 2.71. The van der Waals surface area contributed by atoms with Gasteiger partial charge in [-0.3, -0.25) is 0 Å². The summed E-state index contributed by atoms with van der Waals surface area (Å²) in [5, 5.41) is 1.24. The van der Waals surface area contributed by atoms with Crippen LogP contribution in [0.3, 0.4) is 0 Å². The fourth-order valence-electron chi connectivity index (χ4n) is 0.633. The van der Waals surface area contributed by atoms with Crippen molar-refractivity contribution in [3.8, 4) is 0 Å². The largest absolute Gasteiger partial charge is 0.0915 e. The van der Waals surface area contributed by atoms with Crippen LogP contribution in [0.15, 0.2) is 30.3 Å². The second-order valence-electron chi connectivity index (χ2n) is 1.81. The van der Waals surface area contributed by atoms with Crippen molar-refractivity contribution >= 4 is 32.2 Å². The van der Waals surface area contributed by atoms with Gasteiger partial charge < -0.3 is 0 Å². The van der Waals surface area contributed by atoms with E-state index in [1.807, 2.05) is 24.9 Å². The standard InChI is InChI=1S/C7H8ClP.BH3/c1-9(8)7-5-3-2-4-6-7;/h2-6H,1H3;1H3. The zero-order chi connectivity index (χ0) is 6.69. The van der Waals surface area contributed by atoms with E-state index in [-0.39, 0.29) is 8.41 Å². The van der Waals surface area contributed by atoms with Crippen LogP contribution in [0, 0.1) is 0 Å². The van der Waals surface area contributed by atoms with E-state index >= 15 is 0 Å². The van der Waals surface area contributed by atoms with Crippen molar-refractivity contribution < 1.29 is 0 Å². The van der Waals surface area contributed by atoms with E-state index < -0.39 is 7.27 Å². The normalized spacial score (nSPS) is 11.8. The topological polar surface area (TPSA) is 0 Å². The van der Waals surface area contributed by atoms with Gasteiger partial charge in [-0.25, -0.2) is 0 Å². The summed E-state index contributed by atoms with van der Waals surface area (Å²) in [7, 11) is -0.423. The number of benzene rings is 1. The van der Waals surface area contributed by atoms with Crippen molar-refractivity contribution in [2.24, 2.45) is 0 Å². The van der Waals surface area contributed by atoms with Gasteiger partial charge in [0, 0.05) is 7.27 Å². The molecule has 1 aromatic carbocycles. The highest BCUT2D eigenvalue weighted by atomic mass is 35.7. The summed E-state index contributed by atoms with van der Waals surface area (Å²) >= 11 is 5.87. The van der Waals surface area contributed by atoms with Crippen molar-refractivity contribution in [2.75, 3.05) is 6.66 Å². The first kappa shape index (κ1) is 10.0. The first-order valence-corrected chi connectivity index (χ1v) is 5.44. The molecule has 1 aromatic rings. The summed E-state index contributed by atoms with van der Waals surface area (Å²) in [5.41, 5.74) is 0. The molecule has 0 aromatic heterocycles. The third-order valence-electron chi connectivity index (χ3n) is 1.11. The van der Waals surface area contributed by atoms with Gasteiger partial charge in [0.15, 0.2) is 0 Å². The Bertz CT molecular complexity index is 176. The molecular formula is C7H11BClP. The van der Waals surface area contributed by atoms with Crippen LogP contribution in [0.1, 0.15) is 0 Å². The highest BCUT2D eigenvalue weighted by Crippen LogP contribution is 2.34. The Morgan fingerprint density at radius 1 is 1.20 bits per heavy atom. The lowest BCUT2D eigenvalue weighted by Gasteiger charge is -1.99. The van der Waals surface area contributed by atoms with E-state index in [0.717, 1.165) is 0 Å². The van der Waals surface area contributed by atoms with Crippen LogP contribution in [-0.4, -0.2) is 15.1 Å². The minimum absolute atomic E-state index is 0. The highest BCUT2D eigenvalue weighted by molar-refractivity contribution is 7.89. The second kappa shape index (κ2) is 4.76. The summed E-state index contributed by atoms with van der Waals surface area (Å²) in [6.45, 7) is 2.03. The molecule has 0 nitrogen and oxygen atoms in total. The number of hydrogen-bond donors (Lipinski definition) is 0. The van der Waals surface area contributed by atoms with Gasteiger partial charge in [-0.2, -0.15) is 0 Å². The van der Waals surface area contributed by atoms with Crippen LogP contribution in [0.25, 0.3) is 0 Å². The summed E-state index contributed by atoms with van der Waals surface area (Å²) in [4.78, 5) is 0. The lowest BCUT2D eigenvalue weighted by atomic mass is 10.4. The van der Waals surface area contributed by atoms with E-state index in [1.54, 1.807) is 0 Å². The molecule has 0 saturated heterocycles. The van der Waals surface area contributed by atoms with E-state index in [0.29, 0.717) is 0 Å². The summed E-state index contributed by atoms with van der Waals surface area (Å²) in [6, 6.07) is 10.1. The van der Waals surface area contributed by atoms with Crippen molar-refractivity contribution in [1.82, 2.24) is 0 Å². The second-order valence-corrected chi connectivity index (χ2v) is 4.80. The fraction of sp³-hybridized carbons (Fsp3) is 0.143. The van der Waals surface area contributed by atoms with Crippen LogP contribution in [0.2, 0.25) is 0 Å². The summed E-state index contributed by atoms with van der Waals surface area (Å²) < 4.78 is 0. The molecule has 0 aliphatic carbocycles. The van der Waals surface area contributed by atoms with Gasteiger partial charge in [0.05, 0.1) is 8.41 Å². The Labute approximate surface area is 69.7 Å². The summed E-state index contributed by atoms with van der Waals surface area (Å²) in [5.74, 6) is 0. The van der Waals surface area contributed by atoms with E-state index in [4.69, 9.17) is 11.2 Å². The Kier molecular flexibility index (Phi) is 4.77. The molecule has 0 aliphatic rings. The Hall–Kier alpha value is 0.00494. The van der Waals surface area contributed by atoms with Gasteiger partial charge in [0.2, 0.25) is 0 Å². The molecule has 0 spiro atoms. The average Bonchev–Trinajstić information content (AvgIpc) is 1.90. The lowest BCUT2D eigenvalue weighted by molar-refractivity contribution is 1.77. The maximum Gasteiger partial charge on any atom is 0.0814 e. The third kappa shape index (κ3) is 2.73. The van der Waals surface area contributed by atoms with Crippen LogP contribution in [-0.2, 0) is 0 Å². The highest BCUT2D eigenvalue weighted by Gasteiger charge is 1.95. The smallest absolute Gasteiger partial charge is 0.0814 e. The maximum absolute atomic E-state index is 5.87. The molecular weight excluding hydrogens is 161 g/mol. The van der Waals surface area contributed by atoms with Gasteiger partial charge >= 0.3 is 0 Å². The number of hydrogen-bond acceptors (Lipinski definition) is 0. The van der Waals surface area contributed by atoms with Gasteiger partial charge in [-0.15, -0.1) is 0 Å². The molecule has 10 heavy (non-hydrogen) atoms. The molecule has 0 N–H and O–H groups in total. The van der Waals surface area contributed by atoms with Crippen LogP contribution in [0.4, 0.5) is 0 Å². The molecule has 0 saturated carbocycles. The summed E-state index contributed by atoms with van der Waals surface area (Å²) in [6.07, 6.45) is 0. The Morgan fingerprint density at radius 2 is 1.70 bits per heavy atom. The van der Waals surface area contributed by atoms with Gasteiger partial charge in [0.25, 0.3) is 0 Å². The van der Waals surface area contributed by atoms with Crippen LogP contribution in [0.5, 0.6) is 0 Å². The monoisotopic (exact) mass is 172 g/mol. The molecule has 0 amide bonds. The predicted molar refractivity (Wildman–Crippen MR) is 54.7 cm³/mol. The molecule has 0 aliphatic heterocycles. The SMILES string of the molecule is B.CP(Cl)c1ccccc1. The molecule has 3 heteroatoms. The molecule has 0 fully saturated rings. The number of halogens is 1. The van der Waals surface area contributed by atoms with E-state index in [9.17, 15) is 0 Å². The fourth-order valence-corrected chi connectivity index (χ4v) is 1.55. The minimum Gasteiger partial charge on any atom is -0.0915 e. The van der Waals surface area contributed by atoms with E-state index in [1.165, 1.54) is 5.30 Å². The minimum atomic E-state index is -0.423. The molecule has 1 rings (SSSR count). The Balaban J connectivity index is 0.000000810. The van der Waals surface area contributed by atoms with Crippen molar-refractivity contribution in [3.05, 3.63) is 30.3 Å². The van der Waals surface area contributed by atoms with Crippen LogP contribution >= 0.6 is 18.5 Å². The average molecular weight is 172 g/mol. The van der Waals surface area contributed by atoms with Crippen molar-refractivity contribution in [2.45, 2.75) is 0 Å². The molecule has 0 radical (unpaired) electrons. The number of rotatable bonds is 1. The van der Waals surface area contributed by atoms with Gasteiger partial charge in [-0.1, -0.05) is 41.6 Å². The van der Waals surface area contributed by atoms with Crippen LogP contribution < -0.4 is 5.30 Å². The molecule has 54 valence electrons. The molecule has 1 unspecified atom stereocenters. The van der Waals surface area contributed by atoms with Gasteiger partial charge in [-0.05, 0) is 12.0 Å².